The van der Waals surface area contributed by atoms with E-state index in [0.717, 1.165) is 0 Å². The number of pyridine rings is 1. The highest BCUT2D eigenvalue weighted by molar-refractivity contribution is 7.80. The second-order valence-electron chi connectivity index (χ2n) is 7.42. The Morgan fingerprint density at radius 3 is 2.97 bits per heavy atom. The lowest BCUT2D eigenvalue weighted by atomic mass is 10.1. The number of carbonyl (C=O) groups excluding carboxylic acids is 2. The third-order valence-electron chi connectivity index (χ3n) is 5.98. The molecule has 0 unspecified atom stereocenters. The predicted octanol–water partition coefficient (Wildman–Crippen LogP) is 1.21. The summed E-state index contributed by atoms with van der Waals surface area (Å²) in [5.74, 6) is 2.20. The van der Waals surface area contributed by atoms with Crippen molar-refractivity contribution in [3.63, 3.8) is 0 Å². The monoisotopic (exact) mass is 416 g/mol. The van der Waals surface area contributed by atoms with Crippen molar-refractivity contribution in [2.24, 2.45) is 0 Å². The van der Waals surface area contributed by atoms with Crippen LogP contribution in [0, 0.1) is 23.7 Å². The lowest BCUT2D eigenvalue weighted by molar-refractivity contribution is -0.120. The molecule has 3 atom stereocenters. The van der Waals surface area contributed by atoms with Crippen molar-refractivity contribution < 1.29 is 9.59 Å². The van der Waals surface area contributed by atoms with Gasteiger partial charge in [0.1, 0.15) is 12.1 Å². The van der Waals surface area contributed by atoms with Crippen LogP contribution in [0.5, 0.6) is 0 Å². The molecule has 2 aromatic rings. The number of nitriles is 1. The molecule has 30 heavy (non-hydrogen) atoms. The Morgan fingerprint density at radius 1 is 1.37 bits per heavy atom. The van der Waals surface area contributed by atoms with Crippen LogP contribution in [0.3, 0.4) is 0 Å². The summed E-state index contributed by atoms with van der Waals surface area (Å²) in [6.07, 6.45) is 7.58. The smallest absolute Gasteiger partial charge is 0.332 e. The number of amides is 3. The molecule has 9 heteroatoms. The summed E-state index contributed by atoms with van der Waals surface area (Å²) < 4.78 is 0. The second kappa shape index (κ2) is 6.68. The van der Waals surface area contributed by atoms with Gasteiger partial charge in [0, 0.05) is 18.1 Å². The Balaban J connectivity index is 1.52. The van der Waals surface area contributed by atoms with Crippen LogP contribution in [0.4, 0.5) is 10.5 Å². The number of carbonyl (C=O) groups is 2. The molecule has 1 N–H and O–H groups in total. The van der Waals surface area contributed by atoms with Gasteiger partial charge in [-0.05, 0) is 42.9 Å². The number of nitrogens with zero attached hydrogens (tertiary/aromatic N) is 5. The minimum absolute atomic E-state index is 0.0881. The fourth-order valence-corrected chi connectivity index (χ4v) is 5.07. The number of hydrogen-bond donors (Lipinski definition) is 1. The summed E-state index contributed by atoms with van der Waals surface area (Å²) in [5, 5.41) is 13.5. The molecular formula is C21H16N6O2S. The number of thiocarbonyl (C=S) groups is 1. The van der Waals surface area contributed by atoms with Crippen LogP contribution in [0.25, 0.3) is 10.9 Å². The van der Waals surface area contributed by atoms with Gasteiger partial charge in [-0.3, -0.25) is 9.78 Å². The van der Waals surface area contributed by atoms with E-state index in [-0.39, 0.29) is 24.0 Å². The number of imide groups is 1. The van der Waals surface area contributed by atoms with Crippen LogP contribution in [0.2, 0.25) is 0 Å². The molecule has 2 bridgehead atoms. The maximum atomic E-state index is 13.4. The molecule has 3 fully saturated rings. The summed E-state index contributed by atoms with van der Waals surface area (Å²) in [6, 6.07) is 7.62. The van der Waals surface area contributed by atoms with E-state index in [1.165, 1.54) is 4.90 Å². The van der Waals surface area contributed by atoms with Crippen molar-refractivity contribution in [3.8, 4) is 18.4 Å². The van der Waals surface area contributed by atoms with Crippen molar-refractivity contribution in [2.45, 2.75) is 24.5 Å². The van der Waals surface area contributed by atoms with E-state index in [1.54, 1.807) is 35.4 Å². The van der Waals surface area contributed by atoms with Gasteiger partial charge in [-0.25, -0.2) is 9.69 Å². The van der Waals surface area contributed by atoms with Gasteiger partial charge in [0.15, 0.2) is 5.11 Å². The van der Waals surface area contributed by atoms with E-state index in [0.29, 0.717) is 46.8 Å². The number of hydrogen-bond acceptors (Lipinski definition) is 5. The quantitative estimate of drug-likeness (QED) is 0.447. The lowest BCUT2D eigenvalue weighted by Crippen LogP contribution is -2.56. The maximum absolute atomic E-state index is 13.4. The molecular weight excluding hydrogens is 400 g/mol. The molecule has 3 aliphatic rings. The van der Waals surface area contributed by atoms with Crippen molar-refractivity contribution in [2.75, 3.05) is 18.0 Å². The number of likely N-dealkylation sites (tertiary alicyclic amines) is 1. The Bertz CT molecular complexity index is 1200. The fourth-order valence-electron chi connectivity index (χ4n) is 4.78. The highest BCUT2D eigenvalue weighted by Gasteiger charge is 2.62. The number of benzene rings is 1. The number of fused-ring (bicyclic) bond motifs is 6. The SMILES string of the molecule is C#CCNC(=S)N1C[C@@H]2C[C@H]1[C@H]1C(=O)N(c3ccc(C#N)c4ncccc34)C(=O)N21. The van der Waals surface area contributed by atoms with Gasteiger partial charge in [-0.15, -0.1) is 6.42 Å². The summed E-state index contributed by atoms with van der Waals surface area (Å²) in [6.45, 7) is 0.879. The van der Waals surface area contributed by atoms with E-state index in [4.69, 9.17) is 18.6 Å². The molecule has 148 valence electrons. The standard InChI is InChI=1S/C21H16N6O2S/c1-2-7-24-20(30)25-11-13-9-16(25)18-19(28)27(21(29)26(13)18)15-6-5-12(10-22)17-14(15)4-3-8-23-17/h1,3-6,8,13,16,18H,7,9,11H2,(H,24,30)/t13-,16-,18-/m0/s1. The minimum Gasteiger partial charge on any atom is -0.352 e. The topological polar surface area (TPSA) is 92.6 Å². The first kappa shape index (κ1) is 18.3. The van der Waals surface area contributed by atoms with Crippen LogP contribution < -0.4 is 10.2 Å². The first-order valence-electron chi connectivity index (χ1n) is 9.49. The molecule has 3 saturated heterocycles. The first-order valence-corrected chi connectivity index (χ1v) is 9.89. The fraction of sp³-hybridized carbons (Fsp3) is 0.286. The van der Waals surface area contributed by atoms with E-state index in [1.807, 2.05) is 4.90 Å². The van der Waals surface area contributed by atoms with Gasteiger partial charge in [0.2, 0.25) is 0 Å². The van der Waals surface area contributed by atoms with Gasteiger partial charge in [0.25, 0.3) is 5.91 Å². The maximum Gasteiger partial charge on any atom is 0.332 e. The zero-order valence-corrected chi connectivity index (χ0v) is 16.6. The molecule has 8 nitrogen and oxygen atoms in total. The Labute approximate surface area is 178 Å². The average molecular weight is 416 g/mol. The summed E-state index contributed by atoms with van der Waals surface area (Å²) >= 11 is 5.44. The zero-order chi connectivity index (χ0) is 21.0. The summed E-state index contributed by atoms with van der Waals surface area (Å²) in [7, 11) is 0. The van der Waals surface area contributed by atoms with E-state index >= 15 is 0 Å². The summed E-state index contributed by atoms with van der Waals surface area (Å²) in [5.41, 5.74) is 1.31. The summed E-state index contributed by atoms with van der Waals surface area (Å²) in [4.78, 5) is 35.8. The highest BCUT2D eigenvalue weighted by Crippen LogP contribution is 2.43. The van der Waals surface area contributed by atoms with Gasteiger partial charge in [0.05, 0.1) is 35.4 Å². The van der Waals surface area contributed by atoms with Crippen LogP contribution in [-0.4, -0.2) is 63.0 Å². The number of anilines is 1. The molecule has 0 spiro atoms. The van der Waals surface area contributed by atoms with E-state index < -0.39 is 6.04 Å². The van der Waals surface area contributed by atoms with Gasteiger partial charge in [-0.1, -0.05) is 5.92 Å². The molecule has 3 amide bonds. The van der Waals surface area contributed by atoms with Gasteiger partial charge in [-0.2, -0.15) is 5.26 Å². The van der Waals surface area contributed by atoms with E-state index in [9.17, 15) is 14.9 Å². The number of rotatable bonds is 2. The third-order valence-corrected chi connectivity index (χ3v) is 6.35. The molecule has 4 heterocycles. The number of urea groups is 1. The molecule has 0 saturated carbocycles. The second-order valence-corrected chi connectivity index (χ2v) is 7.81. The molecule has 3 aliphatic heterocycles. The largest absolute Gasteiger partial charge is 0.352 e. The van der Waals surface area contributed by atoms with Crippen LogP contribution >= 0.6 is 12.2 Å². The minimum atomic E-state index is -0.593. The predicted molar refractivity (Wildman–Crippen MR) is 113 cm³/mol. The van der Waals surface area contributed by atoms with Crippen molar-refractivity contribution in [3.05, 3.63) is 36.0 Å². The molecule has 0 aliphatic carbocycles. The van der Waals surface area contributed by atoms with Gasteiger partial charge < -0.3 is 15.1 Å². The van der Waals surface area contributed by atoms with Crippen LogP contribution in [0.1, 0.15) is 12.0 Å². The molecule has 1 aromatic carbocycles. The van der Waals surface area contributed by atoms with Crippen molar-refractivity contribution >= 4 is 45.9 Å². The van der Waals surface area contributed by atoms with Gasteiger partial charge >= 0.3 is 6.03 Å². The van der Waals surface area contributed by atoms with Crippen LogP contribution in [-0.2, 0) is 4.79 Å². The van der Waals surface area contributed by atoms with Crippen molar-refractivity contribution in [1.82, 2.24) is 20.1 Å². The molecule has 1 aromatic heterocycles. The first-order chi connectivity index (χ1) is 14.6. The van der Waals surface area contributed by atoms with E-state index in [2.05, 4.69) is 22.3 Å². The number of piperazine rings is 1. The third kappa shape index (κ3) is 2.39. The number of aromatic nitrogens is 1. The lowest BCUT2D eigenvalue weighted by Gasteiger charge is -2.36. The van der Waals surface area contributed by atoms with Crippen molar-refractivity contribution in [1.29, 1.82) is 5.26 Å². The Hall–Kier alpha value is -3.69. The highest BCUT2D eigenvalue weighted by atomic mass is 32.1. The Kier molecular flexibility index (Phi) is 4.09. The number of terminal acetylenes is 1. The number of nitrogens with one attached hydrogen (secondary N) is 1. The average Bonchev–Trinajstić information content (AvgIpc) is 3.43. The normalized spacial score (nSPS) is 24.2. The Morgan fingerprint density at radius 2 is 2.20 bits per heavy atom. The molecule has 0 radical (unpaired) electrons. The molecule has 5 rings (SSSR count). The zero-order valence-electron chi connectivity index (χ0n) is 15.8. The van der Waals surface area contributed by atoms with Crippen LogP contribution in [0.15, 0.2) is 30.5 Å².